The van der Waals surface area contributed by atoms with Gasteiger partial charge < -0.3 is 5.32 Å². The molecule has 0 radical (unpaired) electrons. The standard InChI is InChI=1S/C20H24N2O/c1-15(2)14-18-4-7-19(8-5-18)16(3)22-20(23)9-6-17-10-12-21-13-11-17/h4-13,15-16H,14H2,1-3H3,(H,22,23)/b9-6+. The number of nitrogens with zero attached hydrogens (tertiary/aromatic N) is 1. The second-order valence-corrected chi connectivity index (χ2v) is 6.18. The maximum absolute atomic E-state index is 12.0. The second kappa shape index (κ2) is 8.28. The van der Waals surface area contributed by atoms with Crippen LogP contribution in [0.25, 0.3) is 6.08 Å². The summed E-state index contributed by atoms with van der Waals surface area (Å²) in [6.45, 7) is 6.42. The monoisotopic (exact) mass is 308 g/mol. The number of carbonyl (C=O) groups excluding carboxylic acids is 1. The summed E-state index contributed by atoms with van der Waals surface area (Å²) in [5.41, 5.74) is 3.41. The number of carbonyl (C=O) groups is 1. The Labute approximate surface area is 138 Å². The first-order valence-electron chi connectivity index (χ1n) is 8.02. The molecule has 0 saturated heterocycles. The van der Waals surface area contributed by atoms with Crippen molar-refractivity contribution in [3.63, 3.8) is 0 Å². The molecule has 3 heteroatoms. The lowest BCUT2D eigenvalue weighted by Crippen LogP contribution is -2.24. The quantitative estimate of drug-likeness (QED) is 0.814. The van der Waals surface area contributed by atoms with Gasteiger partial charge in [0.25, 0.3) is 0 Å². The number of rotatable bonds is 6. The van der Waals surface area contributed by atoms with E-state index in [0.29, 0.717) is 5.92 Å². The van der Waals surface area contributed by atoms with Crippen LogP contribution in [0.4, 0.5) is 0 Å². The van der Waals surface area contributed by atoms with Crippen molar-refractivity contribution in [1.82, 2.24) is 10.3 Å². The third-order valence-electron chi connectivity index (χ3n) is 3.62. The van der Waals surface area contributed by atoms with E-state index in [2.05, 4.69) is 48.4 Å². The smallest absolute Gasteiger partial charge is 0.244 e. The Morgan fingerprint density at radius 2 is 1.74 bits per heavy atom. The fourth-order valence-corrected chi connectivity index (χ4v) is 2.41. The molecule has 1 unspecified atom stereocenters. The molecule has 3 nitrogen and oxygen atoms in total. The normalized spacial score (nSPS) is 12.5. The van der Waals surface area contributed by atoms with Gasteiger partial charge in [-0.3, -0.25) is 9.78 Å². The summed E-state index contributed by atoms with van der Waals surface area (Å²) >= 11 is 0. The highest BCUT2D eigenvalue weighted by atomic mass is 16.1. The Bertz CT molecular complexity index is 645. The summed E-state index contributed by atoms with van der Waals surface area (Å²) in [4.78, 5) is 15.9. The van der Waals surface area contributed by atoms with E-state index in [0.717, 1.165) is 17.5 Å². The average molecular weight is 308 g/mol. The van der Waals surface area contributed by atoms with E-state index in [4.69, 9.17) is 0 Å². The number of benzene rings is 1. The van der Waals surface area contributed by atoms with Crippen LogP contribution in [0, 0.1) is 5.92 Å². The Morgan fingerprint density at radius 1 is 1.09 bits per heavy atom. The van der Waals surface area contributed by atoms with Crippen molar-refractivity contribution < 1.29 is 4.79 Å². The highest BCUT2D eigenvalue weighted by molar-refractivity contribution is 5.91. The van der Waals surface area contributed by atoms with Crippen LogP contribution in [0.1, 0.15) is 43.5 Å². The predicted molar refractivity (Wildman–Crippen MR) is 94.8 cm³/mol. The fourth-order valence-electron chi connectivity index (χ4n) is 2.41. The molecule has 1 atom stereocenters. The van der Waals surface area contributed by atoms with E-state index in [-0.39, 0.29) is 11.9 Å². The molecular weight excluding hydrogens is 284 g/mol. The van der Waals surface area contributed by atoms with Gasteiger partial charge in [-0.2, -0.15) is 0 Å². The van der Waals surface area contributed by atoms with E-state index in [1.54, 1.807) is 24.5 Å². The molecule has 0 spiro atoms. The first kappa shape index (κ1) is 16.9. The third kappa shape index (κ3) is 5.70. The molecule has 2 aromatic rings. The van der Waals surface area contributed by atoms with Gasteiger partial charge in [0.2, 0.25) is 5.91 Å². The molecule has 2 rings (SSSR count). The predicted octanol–water partition coefficient (Wildman–Crippen LogP) is 4.17. The van der Waals surface area contributed by atoms with Gasteiger partial charge in [-0.25, -0.2) is 0 Å². The molecule has 120 valence electrons. The SMILES string of the molecule is CC(C)Cc1ccc(C(C)NC(=O)/C=C/c2ccncc2)cc1. The summed E-state index contributed by atoms with van der Waals surface area (Å²) in [5.74, 6) is 0.553. The molecule has 0 fully saturated rings. The number of hydrogen-bond acceptors (Lipinski definition) is 2. The first-order chi connectivity index (χ1) is 11.0. The number of amides is 1. The molecule has 1 aromatic heterocycles. The van der Waals surface area contributed by atoms with Gasteiger partial charge in [0.05, 0.1) is 6.04 Å². The molecule has 0 aliphatic carbocycles. The molecule has 0 aliphatic heterocycles. The summed E-state index contributed by atoms with van der Waals surface area (Å²) in [6, 6.07) is 12.2. The summed E-state index contributed by atoms with van der Waals surface area (Å²) in [5, 5.41) is 2.99. The number of aromatic nitrogens is 1. The average Bonchev–Trinajstić information content (AvgIpc) is 2.54. The molecular formula is C20H24N2O. The van der Waals surface area contributed by atoms with Crippen LogP contribution < -0.4 is 5.32 Å². The summed E-state index contributed by atoms with van der Waals surface area (Å²) in [6.07, 6.45) is 7.84. The highest BCUT2D eigenvalue weighted by Crippen LogP contribution is 2.15. The van der Waals surface area contributed by atoms with Crippen LogP contribution in [0.15, 0.2) is 54.9 Å². The lowest BCUT2D eigenvalue weighted by Gasteiger charge is -2.14. The Morgan fingerprint density at radius 3 is 2.35 bits per heavy atom. The molecule has 1 heterocycles. The van der Waals surface area contributed by atoms with E-state index in [9.17, 15) is 4.79 Å². The molecule has 0 bridgehead atoms. The van der Waals surface area contributed by atoms with E-state index in [1.807, 2.05) is 19.1 Å². The van der Waals surface area contributed by atoms with Crippen molar-refractivity contribution in [2.24, 2.45) is 5.92 Å². The van der Waals surface area contributed by atoms with Gasteiger partial charge in [0.1, 0.15) is 0 Å². The van der Waals surface area contributed by atoms with Crippen LogP contribution in [0.5, 0.6) is 0 Å². The van der Waals surface area contributed by atoms with Crippen molar-refractivity contribution in [1.29, 1.82) is 0 Å². The van der Waals surface area contributed by atoms with Crippen molar-refractivity contribution in [2.45, 2.75) is 33.2 Å². The Balaban J connectivity index is 1.91. The molecule has 1 aromatic carbocycles. The van der Waals surface area contributed by atoms with Crippen LogP contribution in [0.2, 0.25) is 0 Å². The topological polar surface area (TPSA) is 42.0 Å². The highest BCUT2D eigenvalue weighted by Gasteiger charge is 2.07. The number of hydrogen-bond donors (Lipinski definition) is 1. The summed E-state index contributed by atoms with van der Waals surface area (Å²) < 4.78 is 0. The molecule has 23 heavy (non-hydrogen) atoms. The van der Waals surface area contributed by atoms with E-state index >= 15 is 0 Å². The van der Waals surface area contributed by atoms with Crippen molar-refractivity contribution in [2.75, 3.05) is 0 Å². The summed E-state index contributed by atoms with van der Waals surface area (Å²) in [7, 11) is 0. The lowest BCUT2D eigenvalue weighted by atomic mass is 10.00. The maximum Gasteiger partial charge on any atom is 0.244 e. The van der Waals surface area contributed by atoms with Crippen molar-refractivity contribution >= 4 is 12.0 Å². The fraction of sp³-hybridized carbons (Fsp3) is 0.300. The van der Waals surface area contributed by atoms with Crippen molar-refractivity contribution in [3.05, 3.63) is 71.6 Å². The van der Waals surface area contributed by atoms with Gasteiger partial charge >= 0.3 is 0 Å². The van der Waals surface area contributed by atoms with Crippen LogP contribution in [-0.2, 0) is 11.2 Å². The zero-order chi connectivity index (χ0) is 16.7. The van der Waals surface area contributed by atoms with Crippen LogP contribution in [0.3, 0.4) is 0 Å². The van der Waals surface area contributed by atoms with Crippen LogP contribution in [-0.4, -0.2) is 10.9 Å². The first-order valence-corrected chi connectivity index (χ1v) is 8.02. The van der Waals surface area contributed by atoms with Gasteiger partial charge in [-0.05, 0) is 54.2 Å². The van der Waals surface area contributed by atoms with Gasteiger partial charge in [-0.1, -0.05) is 38.1 Å². The molecule has 0 aliphatic rings. The van der Waals surface area contributed by atoms with Gasteiger partial charge in [-0.15, -0.1) is 0 Å². The Kier molecular flexibility index (Phi) is 6.10. The van der Waals surface area contributed by atoms with Gasteiger partial charge in [0.15, 0.2) is 0 Å². The third-order valence-corrected chi connectivity index (χ3v) is 3.62. The number of pyridine rings is 1. The maximum atomic E-state index is 12.0. The lowest BCUT2D eigenvalue weighted by molar-refractivity contribution is -0.117. The molecule has 1 N–H and O–H groups in total. The minimum atomic E-state index is -0.0967. The number of nitrogens with one attached hydrogen (secondary N) is 1. The van der Waals surface area contributed by atoms with Crippen LogP contribution >= 0.6 is 0 Å². The van der Waals surface area contributed by atoms with Crippen molar-refractivity contribution in [3.8, 4) is 0 Å². The van der Waals surface area contributed by atoms with E-state index in [1.165, 1.54) is 5.56 Å². The van der Waals surface area contributed by atoms with E-state index < -0.39 is 0 Å². The Hall–Kier alpha value is -2.42. The zero-order valence-electron chi connectivity index (χ0n) is 14.0. The minimum Gasteiger partial charge on any atom is -0.346 e. The largest absolute Gasteiger partial charge is 0.346 e. The zero-order valence-corrected chi connectivity index (χ0v) is 14.0. The second-order valence-electron chi connectivity index (χ2n) is 6.18. The molecule has 0 saturated carbocycles. The van der Waals surface area contributed by atoms with Gasteiger partial charge in [0, 0.05) is 18.5 Å². The minimum absolute atomic E-state index is 0.0160. The molecule has 1 amide bonds.